The fourth-order valence-electron chi connectivity index (χ4n) is 3.48. The molecule has 146 valence electrons. The molecule has 4 rings (SSSR count). The minimum atomic E-state index is -0.247. The van der Waals surface area contributed by atoms with Gasteiger partial charge < -0.3 is 9.88 Å². The van der Waals surface area contributed by atoms with Crippen LogP contribution in [0.1, 0.15) is 23.4 Å². The Morgan fingerprint density at radius 1 is 1.03 bits per heavy atom. The average Bonchev–Trinajstić information content (AvgIpc) is 3.05. The number of halogens is 1. The molecule has 1 heterocycles. The van der Waals surface area contributed by atoms with Crippen molar-refractivity contribution in [1.82, 2.24) is 9.55 Å². The molecular weight excluding hydrogens is 365 g/mol. The Kier molecular flexibility index (Phi) is 5.38. The molecule has 3 aromatic carbocycles. The van der Waals surface area contributed by atoms with Crippen molar-refractivity contribution in [3.05, 3.63) is 95.6 Å². The number of amides is 1. The van der Waals surface area contributed by atoms with E-state index in [0.717, 1.165) is 28.1 Å². The molecule has 0 aliphatic rings. The maximum absolute atomic E-state index is 14.2. The average molecular weight is 387 g/mol. The van der Waals surface area contributed by atoms with Gasteiger partial charge in [0.2, 0.25) is 5.91 Å². The number of carbonyl (C=O) groups excluding carboxylic acids is 1. The first-order valence-electron chi connectivity index (χ1n) is 9.64. The molecule has 1 N–H and O–H groups in total. The lowest BCUT2D eigenvalue weighted by Gasteiger charge is -2.11. The number of imidazole rings is 1. The van der Waals surface area contributed by atoms with Gasteiger partial charge in [0.25, 0.3) is 0 Å². The van der Waals surface area contributed by atoms with Crippen LogP contribution in [0.4, 0.5) is 10.1 Å². The summed E-state index contributed by atoms with van der Waals surface area (Å²) in [6, 6.07) is 22.2. The van der Waals surface area contributed by atoms with Crippen molar-refractivity contribution in [1.29, 1.82) is 0 Å². The molecule has 0 bridgehead atoms. The minimum absolute atomic E-state index is 0.0646. The van der Waals surface area contributed by atoms with Gasteiger partial charge in [0.1, 0.15) is 11.6 Å². The number of hydrogen-bond acceptors (Lipinski definition) is 2. The molecular formula is C24H22FN3O. The number of rotatable bonds is 6. The fraction of sp³-hybridized carbons (Fsp3) is 0.167. The molecule has 1 amide bonds. The first-order chi connectivity index (χ1) is 14.1. The molecule has 0 aliphatic carbocycles. The fourth-order valence-corrected chi connectivity index (χ4v) is 3.48. The number of anilines is 1. The van der Waals surface area contributed by atoms with Crippen LogP contribution in [0.5, 0.6) is 0 Å². The van der Waals surface area contributed by atoms with Crippen LogP contribution in [0, 0.1) is 12.7 Å². The predicted octanol–water partition coefficient (Wildman–Crippen LogP) is 5.10. The summed E-state index contributed by atoms with van der Waals surface area (Å²) < 4.78 is 16.2. The number of nitrogens with one attached hydrogen (secondary N) is 1. The molecule has 0 saturated heterocycles. The number of aromatic nitrogens is 2. The van der Waals surface area contributed by atoms with Gasteiger partial charge >= 0.3 is 0 Å². The lowest BCUT2D eigenvalue weighted by molar-refractivity contribution is -0.116. The number of hydrogen-bond donors (Lipinski definition) is 1. The summed E-state index contributed by atoms with van der Waals surface area (Å²) in [5.74, 6) is 0.438. The van der Waals surface area contributed by atoms with Crippen molar-refractivity contribution in [2.75, 3.05) is 5.32 Å². The highest BCUT2D eigenvalue weighted by atomic mass is 19.1. The third-order valence-corrected chi connectivity index (χ3v) is 4.90. The zero-order valence-electron chi connectivity index (χ0n) is 16.2. The second-order valence-electron chi connectivity index (χ2n) is 7.10. The van der Waals surface area contributed by atoms with Crippen LogP contribution in [0.25, 0.3) is 11.0 Å². The van der Waals surface area contributed by atoms with Crippen LogP contribution < -0.4 is 5.32 Å². The quantitative estimate of drug-likeness (QED) is 0.500. The van der Waals surface area contributed by atoms with E-state index in [1.807, 2.05) is 66.1 Å². The number of nitrogens with zero attached hydrogens (tertiary/aromatic N) is 2. The van der Waals surface area contributed by atoms with E-state index in [1.165, 1.54) is 6.07 Å². The van der Waals surface area contributed by atoms with Gasteiger partial charge in [0, 0.05) is 25.1 Å². The number of aryl methyl sites for hydroxylation is 2. The Morgan fingerprint density at radius 2 is 1.83 bits per heavy atom. The van der Waals surface area contributed by atoms with Crippen LogP contribution in [-0.2, 0) is 17.8 Å². The van der Waals surface area contributed by atoms with Gasteiger partial charge in [-0.25, -0.2) is 9.37 Å². The van der Waals surface area contributed by atoms with Crippen LogP contribution in [0.2, 0.25) is 0 Å². The van der Waals surface area contributed by atoms with Gasteiger partial charge in [-0.1, -0.05) is 42.5 Å². The smallest absolute Gasteiger partial charge is 0.226 e. The molecule has 0 fully saturated rings. The number of fused-ring (bicyclic) bond motifs is 1. The third kappa shape index (κ3) is 4.35. The van der Waals surface area contributed by atoms with Gasteiger partial charge in [-0.2, -0.15) is 0 Å². The Labute approximate surface area is 169 Å². The van der Waals surface area contributed by atoms with E-state index in [9.17, 15) is 9.18 Å². The molecule has 29 heavy (non-hydrogen) atoms. The molecule has 0 saturated carbocycles. The van der Waals surface area contributed by atoms with Crippen molar-refractivity contribution in [3.8, 4) is 0 Å². The van der Waals surface area contributed by atoms with E-state index in [4.69, 9.17) is 0 Å². The number of benzene rings is 3. The maximum atomic E-state index is 14.2. The minimum Gasteiger partial charge on any atom is -0.327 e. The Bertz CT molecular complexity index is 1170. The van der Waals surface area contributed by atoms with Gasteiger partial charge in [-0.15, -0.1) is 0 Å². The summed E-state index contributed by atoms with van der Waals surface area (Å²) in [5, 5.41) is 2.94. The van der Waals surface area contributed by atoms with Crippen molar-refractivity contribution >= 4 is 22.6 Å². The molecule has 1 aromatic heterocycles. The van der Waals surface area contributed by atoms with E-state index in [-0.39, 0.29) is 11.7 Å². The Balaban J connectivity index is 1.55. The summed E-state index contributed by atoms with van der Waals surface area (Å²) in [4.78, 5) is 17.2. The summed E-state index contributed by atoms with van der Waals surface area (Å²) in [6.45, 7) is 2.46. The molecule has 5 heteroatoms. The number of para-hydroxylation sites is 2. The number of carbonyl (C=O) groups is 1. The SMILES string of the molecule is Cc1cccc(NC(=O)CCn2c(Cc3ccccc3F)nc3ccccc32)c1. The molecule has 0 radical (unpaired) electrons. The summed E-state index contributed by atoms with van der Waals surface area (Å²) >= 11 is 0. The lowest BCUT2D eigenvalue weighted by Crippen LogP contribution is -2.16. The monoisotopic (exact) mass is 387 g/mol. The largest absolute Gasteiger partial charge is 0.327 e. The Morgan fingerprint density at radius 3 is 2.66 bits per heavy atom. The predicted molar refractivity (Wildman–Crippen MR) is 113 cm³/mol. The molecule has 4 aromatic rings. The summed E-state index contributed by atoms with van der Waals surface area (Å²) in [5.41, 5.74) is 4.26. The van der Waals surface area contributed by atoms with Gasteiger partial charge in [0.15, 0.2) is 0 Å². The van der Waals surface area contributed by atoms with E-state index in [1.54, 1.807) is 12.1 Å². The normalized spacial score (nSPS) is 11.0. The molecule has 0 aliphatic heterocycles. The van der Waals surface area contributed by atoms with Gasteiger partial charge in [-0.05, 0) is 48.4 Å². The highest BCUT2D eigenvalue weighted by Gasteiger charge is 2.14. The van der Waals surface area contributed by atoms with Gasteiger partial charge in [-0.3, -0.25) is 4.79 Å². The van der Waals surface area contributed by atoms with Crippen molar-refractivity contribution in [3.63, 3.8) is 0 Å². The summed E-state index contributed by atoms with van der Waals surface area (Å²) in [6.07, 6.45) is 0.680. The molecule has 4 nitrogen and oxygen atoms in total. The third-order valence-electron chi connectivity index (χ3n) is 4.90. The first kappa shape index (κ1) is 18.9. The van der Waals surface area contributed by atoms with Gasteiger partial charge in [0.05, 0.1) is 11.0 Å². The molecule has 0 unspecified atom stereocenters. The van der Waals surface area contributed by atoms with E-state index in [0.29, 0.717) is 24.9 Å². The first-order valence-corrected chi connectivity index (χ1v) is 9.64. The maximum Gasteiger partial charge on any atom is 0.226 e. The zero-order chi connectivity index (χ0) is 20.2. The highest BCUT2D eigenvalue weighted by Crippen LogP contribution is 2.20. The van der Waals surface area contributed by atoms with E-state index >= 15 is 0 Å². The topological polar surface area (TPSA) is 46.9 Å². The van der Waals surface area contributed by atoms with Crippen molar-refractivity contribution < 1.29 is 9.18 Å². The second kappa shape index (κ2) is 8.27. The van der Waals surface area contributed by atoms with Crippen LogP contribution in [0.15, 0.2) is 72.8 Å². The van der Waals surface area contributed by atoms with Crippen molar-refractivity contribution in [2.24, 2.45) is 0 Å². The van der Waals surface area contributed by atoms with Crippen LogP contribution in [0.3, 0.4) is 0 Å². The van der Waals surface area contributed by atoms with Crippen molar-refractivity contribution in [2.45, 2.75) is 26.3 Å². The van der Waals surface area contributed by atoms with Crippen LogP contribution in [-0.4, -0.2) is 15.5 Å². The van der Waals surface area contributed by atoms with E-state index in [2.05, 4.69) is 10.3 Å². The van der Waals surface area contributed by atoms with Crippen LogP contribution >= 0.6 is 0 Å². The summed E-state index contributed by atoms with van der Waals surface area (Å²) in [7, 11) is 0. The van der Waals surface area contributed by atoms with E-state index < -0.39 is 0 Å². The standard InChI is InChI=1S/C24H22FN3O/c1-17-7-6-9-19(15-17)26-24(29)13-14-28-22-12-5-4-11-21(22)27-23(28)16-18-8-2-3-10-20(18)25/h2-12,15H,13-14,16H2,1H3,(H,26,29). The highest BCUT2D eigenvalue weighted by molar-refractivity contribution is 5.90. The Hall–Kier alpha value is -3.47. The zero-order valence-corrected chi connectivity index (χ0v) is 16.2. The second-order valence-corrected chi connectivity index (χ2v) is 7.10. The molecule has 0 spiro atoms. The lowest BCUT2D eigenvalue weighted by atomic mass is 10.1. The molecule has 0 atom stereocenters.